The molecule has 9 heteroatoms. The molecule has 0 fully saturated rings. The largest absolute Gasteiger partial charge is 0.508 e. The first-order valence-corrected chi connectivity index (χ1v) is 6.93. The molecule has 9 nitrogen and oxygen atoms in total. The summed E-state index contributed by atoms with van der Waals surface area (Å²) in [5, 5.41) is 45.1. The van der Waals surface area contributed by atoms with E-state index >= 15 is 0 Å². The topological polar surface area (TPSA) is 177 Å². The number of hydrogen-bond donors (Lipinski definition) is 7. The van der Waals surface area contributed by atoms with Gasteiger partial charge in [-0.3, -0.25) is 11.1 Å². The van der Waals surface area contributed by atoms with Crippen molar-refractivity contribution in [3.05, 3.63) is 23.8 Å². The van der Waals surface area contributed by atoms with Gasteiger partial charge in [0.1, 0.15) is 11.5 Å². The van der Waals surface area contributed by atoms with Crippen LogP contribution in [-0.4, -0.2) is 49.5 Å². The van der Waals surface area contributed by atoms with E-state index in [1.165, 1.54) is 23.1 Å². The second-order valence-electron chi connectivity index (χ2n) is 5.33. The molecule has 0 aliphatic carbocycles. The Morgan fingerprint density at radius 3 is 2.52 bits per heavy atom. The first kappa shape index (κ1) is 18.5. The highest BCUT2D eigenvalue weighted by Gasteiger charge is 2.30. The molecule has 2 unspecified atom stereocenters. The number of carboxylic acids is 1. The number of phenolic OH excluding ortho intramolecular Hbond substituents is 2. The van der Waals surface area contributed by atoms with Crippen molar-refractivity contribution in [1.29, 1.82) is 5.41 Å². The molecular formula is C14H22N4O5. The van der Waals surface area contributed by atoms with E-state index in [9.17, 15) is 20.1 Å². The van der Waals surface area contributed by atoms with Crippen LogP contribution in [0.15, 0.2) is 18.2 Å². The van der Waals surface area contributed by atoms with Crippen molar-refractivity contribution >= 4 is 11.9 Å². The van der Waals surface area contributed by atoms with Crippen LogP contribution >= 0.6 is 0 Å². The summed E-state index contributed by atoms with van der Waals surface area (Å²) in [5.74, 6) is -2.05. The van der Waals surface area contributed by atoms with Gasteiger partial charge in [0.15, 0.2) is 5.96 Å². The molecule has 0 saturated carbocycles. The zero-order chi connectivity index (χ0) is 17.8. The molecule has 9 N–H and O–H groups in total. The number of aliphatic carboxylic acids is 1. The van der Waals surface area contributed by atoms with Crippen molar-refractivity contribution in [3.63, 3.8) is 0 Å². The SMILES string of the molecule is CC(c1ccc(O)cc1O)N(CCCC(N)(O)C(=O)O)C(=N)N. The molecule has 23 heavy (non-hydrogen) atoms. The number of benzene rings is 1. The van der Waals surface area contributed by atoms with Crippen molar-refractivity contribution in [1.82, 2.24) is 4.90 Å². The monoisotopic (exact) mass is 326 g/mol. The molecule has 1 aromatic carbocycles. The molecule has 0 spiro atoms. The number of nitrogens with zero attached hydrogens (tertiary/aromatic N) is 1. The number of carboxylic acid groups (broad SMARTS) is 1. The molecule has 1 aromatic rings. The second kappa shape index (κ2) is 7.16. The van der Waals surface area contributed by atoms with E-state index in [0.717, 1.165) is 0 Å². The van der Waals surface area contributed by atoms with Gasteiger partial charge in [-0.2, -0.15) is 0 Å². The smallest absolute Gasteiger partial charge is 0.350 e. The van der Waals surface area contributed by atoms with E-state index in [-0.39, 0.29) is 36.8 Å². The fourth-order valence-corrected chi connectivity index (χ4v) is 2.20. The van der Waals surface area contributed by atoms with E-state index in [2.05, 4.69) is 0 Å². The summed E-state index contributed by atoms with van der Waals surface area (Å²) in [6, 6.07) is 3.57. The molecule has 128 valence electrons. The zero-order valence-corrected chi connectivity index (χ0v) is 12.7. The third-order valence-corrected chi connectivity index (χ3v) is 3.57. The van der Waals surface area contributed by atoms with Crippen LogP contribution in [0.5, 0.6) is 11.5 Å². The third kappa shape index (κ3) is 4.73. The van der Waals surface area contributed by atoms with Crippen molar-refractivity contribution < 1.29 is 25.2 Å². The maximum absolute atomic E-state index is 10.8. The Morgan fingerprint density at radius 1 is 1.43 bits per heavy atom. The lowest BCUT2D eigenvalue weighted by molar-refractivity contribution is -0.158. The number of hydrogen-bond acceptors (Lipinski definition) is 6. The van der Waals surface area contributed by atoms with Crippen molar-refractivity contribution in [2.45, 2.75) is 31.5 Å². The molecule has 0 aliphatic rings. The summed E-state index contributed by atoms with van der Waals surface area (Å²) in [5.41, 5.74) is 8.87. The Labute approximate surface area is 133 Å². The van der Waals surface area contributed by atoms with Gasteiger partial charge >= 0.3 is 5.97 Å². The molecule has 0 bridgehead atoms. The van der Waals surface area contributed by atoms with Gasteiger partial charge in [0.25, 0.3) is 0 Å². The van der Waals surface area contributed by atoms with Crippen LogP contribution in [0.3, 0.4) is 0 Å². The number of nitrogens with one attached hydrogen (secondary N) is 1. The molecule has 0 aliphatic heterocycles. The first-order chi connectivity index (χ1) is 10.6. The van der Waals surface area contributed by atoms with Crippen LogP contribution in [0.25, 0.3) is 0 Å². The first-order valence-electron chi connectivity index (χ1n) is 6.93. The molecule has 0 amide bonds. The summed E-state index contributed by atoms with van der Waals surface area (Å²) in [6.07, 6.45) is -0.0531. The Balaban J connectivity index is 2.82. The lowest BCUT2D eigenvalue weighted by atomic mass is 10.0. The Kier molecular flexibility index (Phi) is 5.77. The quantitative estimate of drug-likeness (QED) is 0.206. The number of carbonyl (C=O) groups is 1. The van der Waals surface area contributed by atoms with Crippen molar-refractivity contribution in [3.8, 4) is 11.5 Å². The van der Waals surface area contributed by atoms with Crippen LogP contribution in [0.2, 0.25) is 0 Å². The van der Waals surface area contributed by atoms with Crippen molar-refractivity contribution in [2.24, 2.45) is 11.5 Å². The van der Waals surface area contributed by atoms with Gasteiger partial charge in [-0.15, -0.1) is 0 Å². The zero-order valence-electron chi connectivity index (χ0n) is 12.7. The molecule has 0 radical (unpaired) electrons. The Hall–Kier alpha value is -2.52. The van der Waals surface area contributed by atoms with E-state index in [1.54, 1.807) is 6.92 Å². The number of aromatic hydroxyl groups is 2. The Morgan fingerprint density at radius 2 is 2.04 bits per heavy atom. The normalized spacial score (nSPS) is 14.7. The highest BCUT2D eigenvalue weighted by molar-refractivity contribution is 5.76. The van der Waals surface area contributed by atoms with Crippen LogP contribution < -0.4 is 11.5 Å². The number of rotatable bonds is 7. The van der Waals surface area contributed by atoms with Gasteiger partial charge in [0, 0.05) is 24.6 Å². The number of phenols is 2. The van der Waals surface area contributed by atoms with E-state index < -0.39 is 17.7 Å². The average Bonchev–Trinajstić information content (AvgIpc) is 2.42. The lowest BCUT2D eigenvalue weighted by Gasteiger charge is -2.31. The molecule has 2 atom stereocenters. The maximum atomic E-state index is 10.8. The minimum absolute atomic E-state index is 0.0949. The number of nitrogens with two attached hydrogens (primary N) is 2. The Bertz CT molecular complexity index is 591. The van der Waals surface area contributed by atoms with Gasteiger partial charge in [-0.25, -0.2) is 4.79 Å². The van der Waals surface area contributed by atoms with E-state index in [0.29, 0.717) is 5.56 Å². The predicted octanol–water partition coefficient (Wildman–Crippen LogP) is -0.134. The third-order valence-electron chi connectivity index (χ3n) is 3.57. The highest BCUT2D eigenvalue weighted by atomic mass is 16.4. The van der Waals surface area contributed by atoms with Gasteiger partial charge < -0.3 is 31.1 Å². The summed E-state index contributed by atoms with van der Waals surface area (Å²) in [7, 11) is 0. The van der Waals surface area contributed by atoms with Crippen LogP contribution in [-0.2, 0) is 4.79 Å². The summed E-state index contributed by atoms with van der Waals surface area (Å²) in [6.45, 7) is 1.85. The number of guanidine groups is 1. The van der Waals surface area contributed by atoms with Crippen LogP contribution in [0, 0.1) is 5.41 Å². The summed E-state index contributed by atoms with van der Waals surface area (Å²) < 4.78 is 0. The standard InChI is InChI=1S/C14H22N4O5/c1-8(10-4-3-9(19)7-11(10)20)18(13(15)16)6-2-5-14(17,23)12(21)22/h3-4,7-8,19-20,23H,2,5-6,17H2,1H3,(H3,15,16)(H,21,22). The molecule has 0 saturated heterocycles. The number of aliphatic hydroxyl groups is 1. The van der Waals surface area contributed by atoms with Gasteiger partial charge in [0.2, 0.25) is 5.72 Å². The van der Waals surface area contributed by atoms with Crippen LogP contribution in [0.4, 0.5) is 0 Å². The van der Waals surface area contributed by atoms with Gasteiger partial charge in [0.05, 0.1) is 6.04 Å². The molecule has 0 heterocycles. The highest BCUT2D eigenvalue weighted by Crippen LogP contribution is 2.31. The maximum Gasteiger partial charge on any atom is 0.350 e. The molecule has 0 aromatic heterocycles. The van der Waals surface area contributed by atoms with Crippen molar-refractivity contribution in [2.75, 3.05) is 6.54 Å². The minimum Gasteiger partial charge on any atom is -0.508 e. The molecular weight excluding hydrogens is 304 g/mol. The predicted molar refractivity (Wildman–Crippen MR) is 82.8 cm³/mol. The van der Waals surface area contributed by atoms with Crippen LogP contribution in [0.1, 0.15) is 31.4 Å². The fourth-order valence-electron chi connectivity index (χ4n) is 2.20. The lowest BCUT2D eigenvalue weighted by Crippen LogP contribution is -2.48. The van der Waals surface area contributed by atoms with Gasteiger partial charge in [-0.1, -0.05) is 0 Å². The second-order valence-corrected chi connectivity index (χ2v) is 5.33. The van der Waals surface area contributed by atoms with E-state index in [1.807, 2.05) is 0 Å². The fraction of sp³-hybridized carbons (Fsp3) is 0.429. The van der Waals surface area contributed by atoms with Gasteiger partial charge in [-0.05, 0) is 25.5 Å². The molecule has 1 rings (SSSR count). The minimum atomic E-state index is -2.34. The van der Waals surface area contributed by atoms with E-state index in [4.69, 9.17) is 22.0 Å². The average molecular weight is 326 g/mol. The summed E-state index contributed by atoms with van der Waals surface area (Å²) >= 11 is 0. The summed E-state index contributed by atoms with van der Waals surface area (Å²) in [4.78, 5) is 12.2.